The molecule has 0 atom stereocenters. The molecule has 1 aliphatic heterocycles. The van der Waals surface area contributed by atoms with Crippen molar-refractivity contribution >= 4 is 11.6 Å². The molecule has 0 bridgehead atoms. The third-order valence-corrected chi connectivity index (χ3v) is 1.84. The first kappa shape index (κ1) is 8.80. The van der Waals surface area contributed by atoms with E-state index in [1.807, 2.05) is 0 Å². The minimum absolute atomic E-state index is 0.0584. The largest absolute Gasteiger partial charge is 0.273 e. The number of hydrazone groups is 1. The highest BCUT2D eigenvalue weighted by Gasteiger charge is 2.17. The van der Waals surface area contributed by atoms with Crippen LogP contribution in [0.2, 0.25) is 0 Å². The summed E-state index contributed by atoms with van der Waals surface area (Å²) < 4.78 is 25.6. The number of rotatable bonds is 1. The number of nitrogens with one attached hydrogen (secondary N) is 1. The van der Waals surface area contributed by atoms with Gasteiger partial charge in [-0.1, -0.05) is 0 Å². The van der Waals surface area contributed by atoms with Gasteiger partial charge in [0, 0.05) is 11.6 Å². The van der Waals surface area contributed by atoms with Crippen molar-refractivity contribution in [2.75, 3.05) is 0 Å². The summed E-state index contributed by atoms with van der Waals surface area (Å²) in [5, 5.41) is 3.65. The molecule has 0 spiro atoms. The molecule has 1 heterocycles. The van der Waals surface area contributed by atoms with Crippen LogP contribution in [0.3, 0.4) is 0 Å². The van der Waals surface area contributed by atoms with Crippen LogP contribution in [-0.4, -0.2) is 11.6 Å². The predicted octanol–water partition coefficient (Wildman–Crippen LogP) is 1.19. The molecule has 0 saturated heterocycles. The molecule has 2 rings (SSSR count). The second-order valence-electron chi connectivity index (χ2n) is 2.93. The molecule has 1 aromatic rings. The summed E-state index contributed by atoms with van der Waals surface area (Å²) in [6.45, 7) is 0. The van der Waals surface area contributed by atoms with E-state index in [1.165, 1.54) is 0 Å². The molecule has 1 N–H and O–H groups in total. The van der Waals surface area contributed by atoms with Crippen LogP contribution in [0, 0.1) is 11.6 Å². The summed E-state index contributed by atoms with van der Waals surface area (Å²) in [4.78, 5) is 10.8. The van der Waals surface area contributed by atoms with Crippen molar-refractivity contribution in [2.45, 2.75) is 6.42 Å². The highest BCUT2D eigenvalue weighted by Crippen LogP contribution is 2.12. The van der Waals surface area contributed by atoms with Crippen molar-refractivity contribution < 1.29 is 13.6 Å². The van der Waals surface area contributed by atoms with Crippen LogP contribution < -0.4 is 5.43 Å². The van der Waals surface area contributed by atoms with Crippen LogP contribution in [0.4, 0.5) is 8.78 Å². The van der Waals surface area contributed by atoms with Gasteiger partial charge in [0.05, 0.1) is 12.1 Å². The highest BCUT2D eigenvalue weighted by molar-refractivity contribution is 6.13. The van der Waals surface area contributed by atoms with Crippen LogP contribution >= 0.6 is 0 Å². The molecule has 0 radical (unpaired) electrons. The topological polar surface area (TPSA) is 41.5 Å². The van der Waals surface area contributed by atoms with Gasteiger partial charge in [-0.2, -0.15) is 5.10 Å². The van der Waals surface area contributed by atoms with E-state index in [1.54, 1.807) is 0 Å². The number of hydrogen-bond donors (Lipinski definition) is 1. The summed E-state index contributed by atoms with van der Waals surface area (Å²) in [5.41, 5.74) is 2.86. The van der Waals surface area contributed by atoms with Crippen LogP contribution in [0.15, 0.2) is 23.3 Å². The van der Waals surface area contributed by atoms with Gasteiger partial charge < -0.3 is 0 Å². The lowest BCUT2D eigenvalue weighted by molar-refractivity contribution is -0.119. The molecule has 3 nitrogen and oxygen atoms in total. The fraction of sp³-hybridized carbons (Fsp3) is 0.111. The number of amides is 1. The number of carbonyl (C=O) groups excluding carboxylic acids is 1. The maximum Gasteiger partial charge on any atom is 0.246 e. The molecule has 0 aliphatic carbocycles. The number of benzene rings is 1. The average Bonchev–Trinajstić information content (AvgIpc) is 2.50. The van der Waals surface area contributed by atoms with Gasteiger partial charge in [0.2, 0.25) is 5.91 Å². The Bertz CT molecular complexity index is 409. The number of carbonyl (C=O) groups is 1. The van der Waals surface area contributed by atoms with Crippen LogP contribution in [0.25, 0.3) is 0 Å². The Hall–Kier alpha value is -1.78. The van der Waals surface area contributed by atoms with E-state index in [9.17, 15) is 13.6 Å². The molecule has 72 valence electrons. The van der Waals surface area contributed by atoms with Gasteiger partial charge in [-0.3, -0.25) is 4.79 Å². The SMILES string of the molecule is O=C1CC(c2cc(F)cc(F)c2)=NN1. The molecule has 1 aliphatic rings. The quantitative estimate of drug-likeness (QED) is 0.720. The Morgan fingerprint density at radius 1 is 1.21 bits per heavy atom. The summed E-state index contributed by atoms with van der Waals surface area (Å²) >= 11 is 0. The normalized spacial score (nSPS) is 15.3. The van der Waals surface area contributed by atoms with Gasteiger partial charge >= 0.3 is 0 Å². The van der Waals surface area contributed by atoms with Gasteiger partial charge in [0.15, 0.2) is 0 Å². The molecule has 0 unspecified atom stereocenters. The van der Waals surface area contributed by atoms with Crippen molar-refractivity contribution in [1.82, 2.24) is 5.43 Å². The molecule has 1 amide bonds. The Kier molecular flexibility index (Phi) is 1.99. The Labute approximate surface area is 78.4 Å². The summed E-state index contributed by atoms with van der Waals surface area (Å²) in [7, 11) is 0. The van der Waals surface area contributed by atoms with Gasteiger partial charge in [0.1, 0.15) is 11.6 Å². The monoisotopic (exact) mass is 196 g/mol. The van der Waals surface area contributed by atoms with Crippen molar-refractivity contribution in [3.05, 3.63) is 35.4 Å². The Balaban J connectivity index is 2.37. The van der Waals surface area contributed by atoms with Crippen LogP contribution in [-0.2, 0) is 4.79 Å². The van der Waals surface area contributed by atoms with Gasteiger partial charge in [-0.25, -0.2) is 14.2 Å². The molecular formula is C9H6F2N2O. The van der Waals surface area contributed by atoms with E-state index in [0.29, 0.717) is 11.3 Å². The number of halogens is 2. The van der Waals surface area contributed by atoms with E-state index in [0.717, 1.165) is 18.2 Å². The maximum atomic E-state index is 12.8. The standard InChI is InChI=1S/C9H6F2N2O/c10-6-1-5(2-7(11)3-6)8-4-9(14)13-12-8/h1-3H,4H2,(H,13,14). The zero-order valence-corrected chi connectivity index (χ0v) is 7.05. The minimum atomic E-state index is -0.679. The van der Waals surface area contributed by atoms with E-state index < -0.39 is 11.6 Å². The molecule has 5 heteroatoms. The van der Waals surface area contributed by atoms with Crippen molar-refractivity contribution in [2.24, 2.45) is 5.10 Å². The Morgan fingerprint density at radius 2 is 1.86 bits per heavy atom. The molecule has 0 fully saturated rings. The Morgan fingerprint density at radius 3 is 2.36 bits per heavy atom. The number of hydrogen-bond acceptors (Lipinski definition) is 2. The first-order chi connectivity index (χ1) is 6.65. The third-order valence-electron chi connectivity index (χ3n) is 1.84. The maximum absolute atomic E-state index is 12.8. The highest BCUT2D eigenvalue weighted by atomic mass is 19.1. The second kappa shape index (κ2) is 3.17. The zero-order valence-electron chi connectivity index (χ0n) is 7.05. The van der Waals surface area contributed by atoms with E-state index in [2.05, 4.69) is 10.5 Å². The summed E-state index contributed by atoms with van der Waals surface area (Å²) in [6.07, 6.45) is 0.0584. The lowest BCUT2D eigenvalue weighted by Gasteiger charge is -1.98. The molecule has 1 aromatic carbocycles. The van der Waals surface area contributed by atoms with Crippen LogP contribution in [0.1, 0.15) is 12.0 Å². The fourth-order valence-corrected chi connectivity index (χ4v) is 1.25. The van der Waals surface area contributed by atoms with E-state index >= 15 is 0 Å². The summed E-state index contributed by atoms with van der Waals surface area (Å²) in [6, 6.07) is 3.05. The van der Waals surface area contributed by atoms with Crippen LogP contribution in [0.5, 0.6) is 0 Å². The lowest BCUT2D eigenvalue weighted by atomic mass is 10.1. The predicted molar refractivity (Wildman–Crippen MR) is 45.7 cm³/mol. The minimum Gasteiger partial charge on any atom is -0.273 e. The fourth-order valence-electron chi connectivity index (χ4n) is 1.25. The third kappa shape index (κ3) is 1.61. The first-order valence-electron chi connectivity index (χ1n) is 3.97. The van der Waals surface area contributed by atoms with E-state index in [4.69, 9.17) is 0 Å². The number of nitrogens with zero attached hydrogens (tertiary/aromatic N) is 1. The van der Waals surface area contributed by atoms with Gasteiger partial charge in [-0.05, 0) is 12.1 Å². The van der Waals surface area contributed by atoms with Gasteiger partial charge in [0.25, 0.3) is 0 Å². The molecule has 14 heavy (non-hydrogen) atoms. The molecule has 0 aromatic heterocycles. The van der Waals surface area contributed by atoms with Crippen molar-refractivity contribution in [3.63, 3.8) is 0 Å². The van der Waals surface area contributed by atoms with Crippen molar-refractivity contribution in [3.8, 4) is 0 Å². The van der Waals surface area contributed by atoms with Gasteiger partial charge in [-0.15, -0.1) is 0 Å². The first-order valence-corrected chi connectivity index (χ1v) is 3.97. The molecular weight excluding hydrogens is 190 g/mol. The second-order valence-corrected chi connectivity index (χ2v) is 2.93. The van der Waals surface area contributed by atoms with Crippen molar-refractivity contribution in [1.29, 1.82) is 0 Å². The van der Waals surface area contributed by atoms with E-state index in [-0.39, 0.29) is 12.3 Å². The zero-order chi connectivity index (χ0) is 10.1. The smallest absolute Gasteiger partial charge is 0.246 e. The summed E-state index contributed by atoms with van der Waals surface area (Å²) in [5.74, 6) is -1.63. The lowest BCUT2D eigenvalue weighted by Crippen LogP contribution is -2.09. The average molecular weight is 196 g/mol. The molecule has 0 saturated carbocycles.